The minimum absolute atomic E-state index is 0.121. The van der Waals surface area contributed by atoms with Crippen LogP contribution in [0.4, 0.5) is 10.6 Å². The molecule has 1 aromatic carbocycles. The molecule has 2 amide bonds. The topological polar surface area (TPSA) is 116 Å². The first kappa shape index (κ1) is 28.0. The van der Waals surface area contributed by atoms with Gasteiger partial charge < -0.3 is 15.4 Å². The first-order chi connectivity index (χ1) is 17.2. The third kappa shape index (κ3) is 6.99. The number of amides is 2. The van der Waals surface area contributed by atoms with Crippen molar-refractivity contribution < 1.29 is 14.7 Å². The van der Waals surface area contributed by atoms with Crippen molar-refractivity contribution in [2.45, 2.75) is 79.3 Å². The number of carboxylic acid groups (broad SMARTS) is 1. The molecule has 2 aromatic heterocycles. The molecule has 1 unspecified atom stereocenters. The lowest BCUT2D eigenvalue weighted by Gasteiger charge is -2.32. The second-order valence-electron chi connectivity index (χ2n) is 11.5. The number of aromatic nitrogens is 4. The Morgan fingerprint density at radius 3 is 2.35 bits per heavy atom. The summed E-state index contributed by atoms with van der Waals surface area (Å²) in [6.07, 6.45) is 5.14. The van der Waals surface area contributed by atoms with E-state index in [2.05, 4.69) is 41.2 Å². The molecule has 0 aliphatic carbocycles. The Balaban J connectivity index is 1.87. The monoisotopic (exact) mass is 508 g/mol. The lowest BCUT2D eigenvalue weighted by atomic mass is 9.85. The van der Waals surface area contributed by atoms with Crippen molar-refractivity contribution in [1.82, 2.24) is 25.1 Å². The molecule has 0 fully saturated rings. The molecule has 9 heteroatoms. The SMILES string of the molecule is CCC(C)(C)Cc1cnc(C(Cc2ccc(-c3cn(C)nc3N(C(=O)O)C(C)(C)C)cc2)NC(C)=O)[nH]1. The van der Waals surface area contributed by atoms with E-state index >= 15 is 0 Å². The zero-order valence-corrected chi connectivity index (χ0v) is 23.2. The lowest BCUT2D eigenvalue weighted by molar-refractivity contribution is -0.119. The van der Waals surface area contributed by atoms with E-state index < -0.39 is 11.6 Å². The third-order valence-electron chi connectivity index (χ3n) is 6.57. The van der Waals surface area contributed by atoms with Crippen molar-refractivity contribution in [3.05, 3.63) is 53.7 Å². The van der Waals surface area contributed by atoms with E-state index in [1.807, 2.05) is 57.4 Å². The van der Waals surface area contributed by atoms with Gasteiger partial charge in [-0.1, -0.05) is 51.5 Å². The highest BCUT2D eigenvalue weighted by molar-refractivity contribution is 5.92. The van der Waals surface area contributed by atoms with Gasteiger partial charge in [-0.25, -0.2) is 9.78 Å². The number of nitrogens with one attached hydrogen (secondary N) is 2. The van der Waals surface area contributed by atoms with E-state index in [0.717, 1.165) is 41.1 Å². The van der Waals surface area contributed by atoms with Crippen LogP contribution in [0.1, 0.15) is 78.0 Å². The molecule has 0 bridgehead atoms. The molecule has 0 radical (unpaired) electrons. The van der Waals surface area contributed by atoms with Crippen molar-refractivity contribution in [2.75, 3.05) is 4.90 Å². The standard InChI is InChI=1S/C28H40N6O3/c1-9-28(6,7)15-21-16-29-24(31-21)23(30-18(2)35)14-19-10-12-20(13-11-19)22-17-33(8)32-25(22)34(26(36)37)27(3,4)5/h10-13,16-17,23H,9,14-15H2,1-8H3,(H,29,31)(H,30,35)(H,36,37). The van der Waals surface area contributed by atoms with Crippen LogP contribution < -0.4 is 10.2 Å². The number of H-pyrrole nitrogens is 1. The van der Waals surface area contributed by atoms with Crippen LogP contribution in [0, 0.1) is 5.41 Å². The number of imidazole rings is 1. The summed E-state index contributed by atoms with van der Waals surface area (Å²) in [5.74, 6) is 1.01. The molecule has 0 aliphatic rings. The normalized spacial score (nSPS) is 12.9. The number of benzene rings is 1. The molecule has 0 spiro atoms. The fourth-order valence-corrected chi connectivity index (χ4v) is 4.34. The summed E-state index contributed by atoms with van der Waals surface area (Å²) in [6.45, 7) is 13.7. The third-order valence-corrected chi connectivity index (χ3v) is 6.57. The Hall–Kier alpha value is -3.62. The van der Waals surface area contributed by atoms with Crippen molar-refractivity contribution in [2.24, 2.45) is 12.5 Å². The molecule has 0 saturated heterocycles. The Morgan fingerprint density at radius 2 is 1.81 bits per heavy atom. The second-order valence-corrected chi connectivity index (χ2v) is 11.5. The van der Waals surface area contributed by atoms with Crippen LogP contribution in [0.25, 0.3) is 11.1 Å². The summed E-state index contributed by atoms with van der Waals surface area (Å²) in [4.78, 5) is 33.3. The van der Waals surface area contributed by atoms with Crippen molar-refractivity contribution in [3.8, 4) is 11.1 Å². The highest BCUT2D eigenvalue weighted by Crippen LogP contribution is 2.34. The van der Waals surface area contributed by atoms with Crippen LogP contribution in [0.15, 0.2) is 36.7 Å². The summed E-state index contributed by atoms with van der Waals surface area (Å²) in [5.41, 5.74) is 3.18. The largest absolute Gasteiger partial charge is 0.465 e. The van der Waals surface area contributed by atoms with Gasteiger partial charge in [-0.05, 0) is 50.2 Å². The van der Waals surface area contributed by atoms with Gasteiger partial charge in [-0.3, -0.25) is 14.4 Å². The second kappa shape index (κ2) is 10.8. The number of aromatic amines is 1. The number of anilines is 1. The van der Waals surface area contributed by atoms with E-state index in [4.69, 9.17) is 0 Å². The zero-order valence-electron chi connectivity index (χ0n) is 23.2. The quantitative estimate of drug-likeness (QED) is 0.353. The predicted molar refractivity (Wildman–Crippen MR) is 146 cm³/mol. The predicted octanol–water partition coefficient (Wildman–Crippen LogP) is 5.49. The van der Waals surface area contributed by atoms with E-state index in [1.54, 1.807) is 11.7 Å². The summed E-state index contributed by atoms with van der Waals surface area (Å²) in [6, 6.07) is 7.61. The molecule has 3 aromatic rings. The highest BCUT2D eigenvalue weighted by atomic mass is 16.4. The molecule has 0 aliphatic heterocycles. The van der Waals surface area contributed by atoms with Crippen molar-refractivity contribution in [1.29, 1.82) is 0 Å². The number of hydrogen-bond donors (Lipinski definition) is 3. The average molecular weight is 509 g/mol. The summed E-state index contributed by atoms with van der Waals surface area (Å²) >= 11 is 0. The van der Waals surface area contributed by atoms with Gasteiger partial charge >= 0.3 is 6.09 Å². The van der Waals surface area contributed by atoms with Crippen molar-refractivity contribution >= 4 is 17.8 Å². The zero-order chi connectivity index (χ0) is 27.5. The van der Waals surface area contributed by atoms with Crippen LogP contribution in [-0.2, 0) is 24.7 Å². The average Bonchev–Trinajstić information content (AvgIpc) is 3.38. The van der Waals surface area contributed by atoms with Gasteiger partial charge in [0, 0.05) is 43.2 Å². The maximum absolute atomic E-state index is 12.1. The van der Waals surface area contributed by atoms with Crippen LogP contribution in [0.5, 0.6) is 0 Å². The Labute approximate surface area is 219 Å². The molecule has 0 saturated carbocycles. The van der Waals surface area contributed by atoms with Gasteiger partial charge in [0.15, 0.2) is 5.82 Å². The number of hydrogen-bond acceptors (Lipinski definition) is 4. The first-order valence-electron chi connectivity index (χ1n) is 12.7. The van der Waals surface area contributed by atoms with E-state index in [-0.39, 0.29) is 17.4 Å². The Kier molecular flexibility index (Phi) is 8.15. The number of carbonyl (C=O) groups excluding carboxylic acids is 1. The lowest BCUT2D eigenvalue weighted by Crippen LogP contribution is -2.45. The maximum atomic E-state index is 12.1. The first-order valence-corrected chi connectivity index (χ1v) is 12.7. The van der Waals surface area contributed by atoms with Gasteiger partial charge in [-0.2, -0.15) is 5.10 Å². The number of carbonyl (C=O) groups is 2. The van der Waals surface area contributed by atoms with Crippen LogP contribution in [0.3, 0.4) is 0 Å². The fourth-order valence-electron chi connectivity index (χ4n) is 4.34. The molecular weight excluding hydrogens is 468 g/mol. The minimum Gasteiger partial charge on any atom is -0.465 e. The Morgan fingerprint density at radius 1 is 1.16 bits per heavy atom. The summed E-state index contributed by atoms with van der Waals surface area (Å²) in [5, 5.41) is 17.4. The van der Waals surface area contributed by atoms with Gasteiger partial charge in [-0.15, -0.1) is 0 Å². The molecule has 3 N–H and O–H groups in total. The Bertz CT molecular complexity index is 1230. The van der Waals surface area contributed by atoms with E-state index in [1.165, 1.54) is 11.8 Å². The minimum atomic E-state index is -1.05. The van der Waals surface area contributed by atoms with E-state index in [0.29, 0.717) is 12.2 Å². The van der Waals surface area contributed by atoms with Crippen LogP contribution >= 0.6 is 0 Å². The molecule has 9 nitrogen and oxygen atoms in total. The smallest absolute Gasteiger partial charge is 0.413 e. The van der Waals surface area contributed by atoms with E-state index in [9.17, 15) is 14.7 Å². The molecule has 2 heterocycles. The number of nitrogens with zero attached hydrogens (tertiary/aromatic N) is 4. The number of rotatable bonds is 9. The molecule has 200 valence electrons. The number of aryl methyl sites for hydroxylation is 1. The van der Waals surface area contributed by atoms with Gasteiger partial charge in [0.2, 0.25) is 5.91 Å². The summed E-state index contributed by atoms with van der Waals surface area (Å²) < 4.78 is 1.63. The fraction of sp³-hybridized carbons (Fsp3) is 0.500. The van der Waals surface area contributed by atoms with Crippen LogP contribution in [0.2, 0.25) is 0 Å². The molecule has 1 atom stereocenters. The van der Waals surface area contributed by atoms with Crippen molar-refractivity contribution in [3.63, 3.8) is 0 Å². The van der Waals surface area contributed by atoms with Gasteiger partial charge in [0.25, 0.3) is 0 Å². The van der Waals surface area contributed by atoms with Gasteiger partial charge in [0.05, 0.1) is 6.04 Å². The summed E-state index contributed by atoms with van der Waals surface area (Å²) in [7, 11) is 1.78. The van der Waals surface area contributed by atoms with Crippen LogP contribution in [-0.4, -0.2) is 42.4 Å². The molecular formula is C28H40N6O3. The molecule has 37 heavy (non-hydrogen) atoms. The maximum Gasteiger partial charge on any atom is 0.413 e. The molecule has 3 rings (SSSR count). The van der Waals surface area contributed by atoms with Gasteiger partial charge in [0.1, 0.15) is 5.82 Å². The highest BCUT2D eigenvalue weighted by Gasteiger charge is 2.32.